The summed E-state index contributed by atoms with van der Waals surface area (Å²) in [6.07, 6.45) is 0. The number of hydrogen-bond donors (Lipinski definition) is 1. The molecule has 0 aliphatic heterocycles. The molecule has 1 aromatic carbocycles. The van der Waals surface area contributed by atoms with Gasteiger partial charge in [-0.25, -0.2) is 0 Å². The molecule has 0 saturated carbocycles. The molecule has 100 valence electrons. The minimum Gasteiger partial charge on any atom is -0.321 e. The summed E-state index contributed by atoms with van der Waals surface area (Å²) in [5, 5.41) is 5.80. The highest BCUT2D eigenvalue weighted by molar-refractivity contribution is 14.1. The molecule has 20 heavy (non-hydrogen) atoms. The van der Waals surface area contributed by atoms with Gasteiger partial charge in [0.2, 0.25) is 0 Å². The van der Waals surface area contributed by atoms with Crippen molar-refractivity contribution in [3.63, 3.8) is 0 Å². The molecule has 0 atom stereocenters. The summed E-state index contributed by atoms with van der Waals surface area (Å²) in [5.41, 5.74) is 3.28. The molecule has 3 nitrogen and oxygen atoms in total. The van der Waals surface area contributed by atoms with Crippen LogP contribution in [-0.2, 0) is 0 Å². The molecule has 5 heteroatoms. The molecule has 2 aromatic heterocycles. The zero-order valence-electron chi connectivity index (χ0n) is 10.7. The molecule has 0 saturated heterocycles. The van der Waals surface area contributed by atoms with Gasteiger partial charge in [0.1, 0.15) is 0 Å². The van der Waals surface area contributed by atoms with Gasteiger partial charge in [-0.1, -0.05) is 18.2 Å². The van der Waals surface area contributed by atoms with E-state index >= 15 is 0 Å². The Balaban J connectivity index is 2.00. The van der Waals surface area contributed by atoms with E-state index in [1.54, 1.807) is 11.3 Å². The van der Waals surface area contributed by atoms with Crippen molar-refractivity contribution < 1.29 is 4.79 Å². The van der Waals surface area contributed by atoms with Crippen molar-refractivity contribution in [3.8, 4) is 0 Å². The van der Waals surface area contributed by atoms with Crippen molar-refractivity contribution in [3.05, 3.63) is 55.9 Å². The number of para-hydroxylation sites is 1. The number of rotatable bonds is 2. The normalized spacial score (nSPS) is 10.7. The van der Waals surface area contributed by atoms with Crippen molar-refractivity contribution in [2.45, 2.75) is 6.92 Å². The van der Waals surface area contributed by atoms with Crippen molar-refractivity contribution in [1.29, 1.82) is 0 Å². The van der Waals surface area contributed by atoms with E-state index in [1.807, 2.05) is 48.7 Å². The van der Waals surface area contributed by atoms with Gasteiger partial charge in [-0.15, -0.1) is 11.3 Å². The van der Waals surface area contributed by atoms with Crippen molar-refractivity contribution in [2.24, 2.45) is 0 Å². The number of aryl methyl sites for hydroxylation is 1. The third-order valence-corrected chi connectivity index (χ3v) is 4.71. The SMILES string of the molecule is Cc1cc(NC(=O)c2csc(I)c2)c2ccccc2n1. The summed E-state index contributed by atoms with van der Waals surface area (Å²) in [6, 6.07) is 11.6. The fraction of sp³-hybridized carbons (Fsp3) is 0.0667. The lowest BCUT2D eigenvalue weighted by Crippen LogP contribution is -2.11. The number of aromatic nitrogens is 1. The van der Waals surface area contributed by atoms with Gasteiger partial charge in [0.05, 0.1) is 19.7 Å². The Morgan fingerprint density at radius 1 is 1.30 bits per heavy atom. The summed E-state index contributed by atoms with van der Waals surface area (Å²) >= 11 is 3.78. The first-order valence-corrected chi connectivity index (χ1v) is 8.01. The molecule has 3 aromatic rings. The highest BCUT2D eigenvalue weighted by Crippen LogP contribution is 2.24. The molecule has 0 aliphatic rings. The summed E-state index contributed by atoms with van der Waals surface area (Å²) < 4.78 is 1.10. The zero-order valence-corrected chi connectivity index (χ0v) is 13.7. The predicted octanol–water partition coefficient (Wildman–Crippen LogP) is 4.46. The second-order valence-corrected chi connectivity index (χ2v) is 7.23. The number of nitrogens with one attached hydrogen (secondary N) is 1. The van der Waals surface area contributed by atoms with E-state index in [4.69, 9.17) is 0 Å². The molecule has 0 unspecified atom stereocenters. The van der Waals surface area contributed by atoms with Gasteiger partial charge < -0.3 is 5.32 Å². The van der Waals surface area contributed by atoms with E-state index in [0.29, 0.717) is 5.56 Å². The van der Waals surface area contributed by atoms with Crippen molar-refractivity contribution >= 4 is 56.4 Å². The van der Waals surface area contributed by atoms with Crippen LogP contribution in [0.2, 0.25) is 0 Å². The van der Waals surface area contributed by atoms with Crippen LogP contribution in [0.4, 0.5) is 5.69 Å². The molecule has 0 radical (unpaired) electrons. The van der Waals surface area contributed by atoms with Gasteiger partial charge in [0.15, 0.2) is 0 Å². The Labute approximate surface area is 134 Å². The van der Waals surface area contributed by atoms with Crippen LogP contribution < -0.4 is 5.32 Å². The summed E-state index contributed by atoms with van der Waals surface area (Å²) in [4.78, 5) is 16.7. The average Bonchev–Trinajstić information content (AvgIpc) is 2.85. The number of carbonyl (C=O) groups is 1. The standard InChI is InChI=1S/C15H11IN2OS/c1-9-6-13(11-4-2-3-5-12(11)17-9)18-15(19)10-7-14(16)20-8-10/h2-8H,1H3,(H,17,18,19). The Morgan fingerprint density at radius 3 is 2.85 bits per heavy atom. The molecule has 0 aliphatic carbocycles. The highest BCUT2D eigenvalue weighted by atomic mass is 127. The molecule has 0 bridgehead atoms. The fourth-order valence-electron chi connectivity index (χ4n) is 2.03. The Morgan fingerprint density at radius 2 is 2.10 bits per heavy atom. The van der Waals surface area contributed by atoms with Crippen LogP contribution in [0.15, 0.2) is 41.8 Å². The lowest BCUT2D eigenvalue weighted by atomic mass is 10.1. The Hall–Kier alpha value is -1.47. The molecule has 1 N–H and O–H groups in total. The van der Waals surface area contributed by atoms with Crippen LogP contribution in [0.1, 0.15) is 16.1 Å². The number of thiophene rings is 1. The molecular formula is C15H11IN2OS. The monoisotopic (exact) mass is 394 g/mol. The van der Waals surface area contributed by atoms with E-state index in [2.05, 4.69) is 32.9 Å². The number of anilines is 1. The van der Waals surface area contributed by atoms with Crippen molar-refractivity contribution in [1.82, 2.24) is 4.98 Å². The van der Waals surface area contributed by atoms with Gasteiger partial charge >= 0.3 is 0 Å². The Kier molecular flexibility index (Phi) is 3.71. The largest absolute Gasteiger partial charge is 0.321 e. The number of nitrogens with zero attached hydrogens (tertiary/aromatic N) is 1. The number of carbonyl (C=O) groups excluding carboxylic acids is 1. The van der Waals surface area contributed by atoms with Gasteiger partial charge in [-0.3, -0.25) is 9.78 Å². The number of halogens is 1. The number of benzene rings is 1. The first kappa shape index (κ1) is 13.5. The summed E-state index contributed by atoms with van der Waals surface area (Å²) in [7, 11) is 0. The molecular weight excluding hydrogens is 383 g/mol. The smallest absolute Gasteiger partial charge is 0.256 e. The lowest BCUT2D eigenvalue weighted by molar-refractivity contribution is 0.102. The number of fused-ring (bicyclic) bond motifs is 1. The number of pyridine rings is 1. The topological polar surface area (TPSA) is 42.0 Å². The third kappa shape index (κ3) is 2.69. The van der Waals surface area contributed by atoms with Crippen LogP contribution >= 0.6 is 33.9 Å². The van der Waals surface area contributed by atoms with Crippen LogP contribution in [0, 0.1) is 9.81 Å². The summed E-state index contributed by atoms with van der Waals surface area (Å²) in [5.74, 6) is -0.0834. The molecule has 0 fully saturated rings. The molecule has 0 spiro atoms. The lowest BCUT2D eigenvalue weighted by Gasteiger charge is -2.09. The number of hydrogen-bond acceptors (Lipinski definition) is 3. The maximum Gasteiger partial charge on any atom is 0.256 e. The predicted molar refractivity (Wildman–Crippen MR) is 91.5 cm³/mol. The van der Waals surface area contributed by atoms with Crippen LogP contribution in [0.5, 0.6) is 0 Å². The van der Waals surface area contributed by atoms with E-state index in [1.165, 1.54) is 0 Å². The van der Waals surface area contributed by atoms with E-state index in [0.717, 1.165) is 25.2 Å². The molecule has 2 heterocycles. The quantitative estimate of drug-likeness (QED) is 0.652. The maximum absolute atomic E-state index is 12.3. The van der Waals surface area contributed by atoms with E-state index in [-0.39, 0.29) is 5.91 Å². The minimum atomic E-state index is -0.0834. The van der Waals surface area contributed by atoms with Gasteiger partial charge in [-0.2, -0.15) is 0 Å². The third-order valence-electron chi connectivity index (χ3n) is 2.92. The van der Waals surface area contributed by atoms with Gasteiger partial charge in [0, 0.05) is 16.5 Å². The minimum absolute atomic E-state index is 0.0834. The second kappa shape index (κ2) is 5.49. The van der Waals surface area contributed by atoms with E-state index < -0.39 is 0 Å². The van der Waals surface area contributed by atoms with Crippen LogP contribution in [-0.4, -0.2) is 10.9 Å². The first-order chi connectivity index (χ1) is 9.63. The van der Waals surface area contributed by atoms with Crippen LogP contribution in [0.25, 0.3) is 10.9 Å². The zero-order chi connectivity index (χ0) is 14.1. The average molecular weight is 394 g/mol. The van der Waals surface area contributed by atoms with E-state index in [9.17, 15) is 4.79 Å². The first-order valence-electron chi connectivity index (χ1n) is 6.05. The second-order valence-electron chi connectivity index (χ2n) is 4.42. The number of amides is 1. The molecule has 1 amide bonds. The van der Waals surface area contributed by atoms with Crippen molar-refractivity contribution in [2.75, 3.05) is 5.32 Å². The highest BCUT2D eigenvalue weighted by Gasteiger charge is 2.11. The van der Waals surface area contributed by atoms with Gasteiger partial charge in [-0.05, 0) is 47.7 Å². The maximum atomic E-state index is 12.3. The molecule has 3 rings (SSSR count). The van der Waals surface area contributed by atoms with Crippen LogP contribution in [0.3, 0.4) is 0 Å². The Bertz CT molecular complexity index is 797. The fourth-order valence-corrected chi connectivity index (χ4v) is 3.36. The summed E-state index contributed by atoms with van der Waals surface area (Å²) in [6.45, 7) is 1.93. The van der Waals surface area contributed by atoms with Gasteiger partial charge in [0.25, 0.3) is 5.91 Å².